The van der Waals surface area contributed by atoms with Crippen molar-refractivity contribution in [3.8, 4) is 11.3 Å². The number of hydrogen-bond donors (Lipinski definition) is 0. The Labute approximate surface area is 122 Å². The fourth-order valence-corrected chi connectivity index (χ4v) is 2.03. The van der Waals surface area contributed by atoms with E-state index < -0.39 is 16.7 Å². The molecule has 0 saturated heterocycles. The quantitative estimate of drug-likeness (QED) is 0.599. The van der Waals surface area contributed by atoms with Gasteiger partial charge in [-0.3, -0.25) is 15.1 Å². The van der Waals surface area contributed by atoms with Crippen molar-refractivity contribution in [3.05, 3.63) is 56.7 Å². The maximum atomic E-state index is 12.5. The van der Waals surface area contributed by atoms with Crippen molar-refractivity contribution in [1.29, 1.82) is 0 Å². The van der Waals surface area contributed by atoms with E-state index in [1.165, 1.54) is 18.2 Å². The first-order valence-electron chi connectivity index (χ1n) is 5.68. The number of aryl methyl sites for hydroxylation is 1. The highest BCUT2D eigenvalue weighted by molar-refractivity contribution is 6.33. The molecule has 2 rings (SSSR count). The number of hydrogen-bond acceptors (Lipinski definition) is 3. The van der Waals surface area contributed by atoms with Gasteiger partial charge in [0.1, 0.15) is 0 Å². The van der Waals surface area contributed by atoms with E-state index in [0.717, 1.165) is 6.07 Å². The molecule has 0 fully saturated rings. The van der Waals surface area contributed by atoms with E-state index in [1.54, 1.807) is 6.92 Å². The Morgan fingerprint density at radius 2 is 1.95 bits per heavy atom. The number of aromatic nitrogens is 1. The SMILES string of the molecule is Cc1ccc(-c2ncc(C(F)(F)F)cc2Cl)cc1[N+](=O)[O-]. The van der Waals surface area contributed by atoms with Crippen LogP contribution in [0.25, 0.3) is 11.3 Å². The van der Waals surface area contributed by atoms with Gasteiger partial charge in [-0.15, -0.1) is 0 Å². The zero-order chi connectivity index (χ0) is 15.8. The lowest BCUT2D eigenvalue weighted by molar-refractivity contribution is -0.385. The molecule has 1 heterocycles. The van der Waals surface area contributed by atoms with Crippen LogP contribution in [-0.2, 0) is 6.18 Å². The molecule has 2 aromatic rings. The largest absolute Gasteiger partial charge is 0.417 e. The van der Waals surface area contributed by atoms with E-state index in [1.807, 2.05) is 0 Å². The number of halogens is 4. The Morgan fingerprint density at radius 3 is 2.48 bits per heavy atom. The minimum atomic E-state index is -4.55. The Balaban J connectivity index is 2.53. The summed E-state index contributed by atoms with van der Waals surface area (Å²) in [5.41, 5.74) is -0.339. The molecule has 21 heavy (non-hydrogen) atoms. The lowest BCUT2D eigenvalue weighted by Crippen LogP contribution is -2.05. The third-order valence-electron chi connectivity index (χ3n) is 2.85. The molecule has 8 heteroatoms. The van der Waals surface area contributed by atoms with Crippen LogP contribution in [0.3, 0.4) is 0 Å². The second-order valence-corrected chi connectivity index (χ2v) is 4.72. The Bertz CT molecular complexity index is 717. The zero-order valence-electron chi connectivity index (χ0n) is 10.6. The second kappa shape index (κ2) is 5.33. The highest BCUT2D eigenvalue weighted by Crippen LogP contribution is 2.35. The number of rotatable bonds is 2. The first-order valence-corrected chi connectivity index (χ1v) is 6.06. The van der Waals surface area contributed by atoms with Crippen molar-refractivity contribution in [2.24, 2.45) is 0 Å². The summed E-state index contributed by atoms with van der Waals surface area (Å²) in [5.74, 6) is 0. The molecule has 0 aliphatic heterocycles. The lowest BCUT2D eigenvalue weighted by Gasteiger charge is -2.09. The second-order valence-electron chi connectivity index (χ2n) is 4.31. The average Bonchev–Trinajstić information content (AvgIpc) is 2.38. The van der Waals surface area contributed by atoms with Crippen LogP contribution in [0.2, 0.25) is 5.02 Å². The minimum absolute atomic E-state index is 0.0627. The maximum absolute atomic E-state index is 12.5. The van der Waals surface area contributed by atoms with Gasteiger partial charge >= 0.3 is 6.18 Å². The van der Waals surface area contributed by atoms with Crippen molar-refractivity contribution in [2.75, 3.05) is 0 Å². The van der Waals surface area contributed by atoms with Gasteiger partial charge in [-0.1, -0.05) is 23.7 Å². The zero-order valence-corrected chi connectivity index (χ0v) is 11.4. The number of benzene rings is 1. The predicted octanol–water partition coefficient (Wildman–Crippen LogP) is 4.64. The van der Waals surface area contributed by atoms with Crippen molar-refractivity contribution < 1.29 is 18.1 Å². The Morgan fingerprint density at radius 1 is 1.29 bits per heavy atom. The molecule has 0 radical (unpaired) electrons. The molecular formula is C13H8ClF3N2O2. The van der Waals surface area contributed by atoms with E-state index >= 15 is 0 Å². The van der Waals surface area contributed by atoms with Crippen LogP contribution in [-0.4, -0.2) is 9.91 Å². The van der Waals surface area contributed by atoms with E-state index in [2.05, 4.69) is 4.98 Å². The number of nitro benzene ring substituents is 1. The van der Waals surface area contributed by atoms with Gasteiger partial charge in [-0.2, -0.15) is 13.2 Å². The van der Waals surface area contributed by atoms with Gasteiger partial charge in [0.05, 0.1) is 21.2 Å². The normalized spacial score (nSPS) is 11.5. The van der Waals surface area contributed by atoms with Crippen LogP contribution in [0.15, 0.2) is 30.5 Å². The van der Waals surface area contributed by atoms with Gasteiger partial charge in [0.25, 0.3) is 5.69 Å². The van der Waals surface area contributed by atoms with Gasteiger partial charge in [0.2, 0.25) is 0 Å². The molecule has 0 aliphatic carbocycles. The molecule has 0 N–H and O–H groups in total. The summed E-state index contributed by atoms with van der Waals surface area (Å²) >= 11 is 5.81. The molecular weight excluding hydrogens is 309 g/mol. The minimum Gasteiger partial charge on any atom is -0.258 e. The van der Waals surface area contributed by atoms with Crippen molar-refractivity contribution in [2.45, 2.75) is 13.1 Å². The molecule has 0 spiro atoms. The summed E-state index contributed by atoms with van der Waals surface area (Å²) in [4.78, 5) is 14.0. The smallest absolute Gasteiger partial charge is 0.258 e. The summed E-state index contributed by atoms with van der Waals surface area (Å²) in [6, 6.07) is 4.99. The molecule has 110 valence electrons. The molecule has 1 aromatic heterocycles. The summed E-state index contributed by atoms with van der Waals surface area (Å²) in [6.45, 7) is 1.56. The number of nitrogens with zero attached hydrogens (tertiary/aromatic N) is 2. The van der Waals surface area contributed by atoms with Crippen molar-refractivity contribution in [3.63, 3.8) is 0 Å². The van der Waals surface area contributed by atoms with Gasteiger partial charge in [-0.05, 0) is 13.0 Å². The number of pyridine rings is 1. The lowest BCUT2D eigenvalue weighted by atomic mass is 10.1. The summed E-state index contributed by atoms with van der Waals surface area (Å²) in [5, 5.41) is 10.7. The summed E-state index contributed by atoms with van der Waals surface area (Å²) < 4.78 is 37.6. The first-order chi connectivity index (χ1) is 9.70. The molecule has 0 bridgehead atoms. The van der Waals surface area contributed by atoms with Gasteiger partial charge in [-0.25, -0.2) is 0 Å². The Hall–Kier alpha value is -2.15. The van der Waals surface area contributed by atoms with Crippen LogP contribution in [0.1, 0.15) is 11.1 Å². The van der Waals surface area contributed by atoms with Gasteiger partial charge < -0.3 is 0 Å². The summed E-state index contributed by atoms with van der Waals surface area (Å²) in [7, 11) is 0. The third kappa shape index (κ3) is 3.13. The molecule has 0 saturated carbocycles. The Kier molecular flexibility index (Phi) is 3.87. The van der Waals surface area contributed by atoms with Crippen LogP contribution < -0.4 is 0 Å². The topological polar surface area (TPSA) is 56.0 Å². The monoisotopic (exact) mass is 316 g/mol. The molecule has 1 aromatic carbocycles. The molecule has 0 aliphatic rings. The highest BCUT2D eigenvalue weighted by atomic mass is 35.5. The van der Waals surface area contributed by atoms with E-state index in [9.17, 15) is 23.3 Å². The van der Waals surface area contributed by atoms with E-state index in [4.69, 9.17) is 11.6 Å². The average molecular weight is 317 g/mol. The first kappa shape index (κ1) is 15.2. The van der Waals surface area contributed by atoms with Crippen molar-refractivity contribution in [1.82, 2.24) is 4.98 Å². The van der Waals surface area contributed by atoms with Gasteiger partial charge in [0, 0.05) is 23.4 Å². The number of nitro groups is 1. The van der Waals surface area contributed by atoms with Crippen molar-refractivity contribution >= 4 is 17.3 Å². The van der Waals surface area contributed by atoms with E-state index in [-0.39, 0.29) is 22.0 Å². The van der Waals surface area contributed by atoms with Crippen LogP contribution >= 0.6 is 11.6 Å². The maximum Gasteiger partial charge on any atom is 0.417 e. The van der Waals surface area contributed by atoms with Gasteiger partial charge in [0.15, 0.2) is 0 Å². The predicted molar refractivity (Wildman–Crippen MR) is 71.1 cm³/mol. The van der Waals surface area contributed by atoms with Crippen LogP contribution in [0.4, 0.5) is 18.9 Å². The highest BCUT2D eigenvalue weighted by Gasteiger charge is 2.31. The fourth-order valence-electron chi connectivity index (χ4n) is 1.76. The standard InChI is InChI=1S/C13H8ClF3N2O2/c1-7-2-3-8(4-11(7)19(20)21)12-10(14)5-9(6-18-12)13(15,16)17/h2-6H,1H3. The molecule has 4 nitrogen and oxygen atoms in total. The molecule has 0 unspecified atom stereocenters. The fraction of sp³-hybridized carbons (Fsp3) is 0.154. The molecule has 0 amide bonds. The number of alkyl halides is 3. The summed E-state index contributed by atoms with van der Waals surface area (Å²) in [6.07, 6.45) is -3.90. The third-order valence-corrected chi connectivity index (χ3v) is 3.14. The van der Waals surface area contributed by atoms with E-state index in [0.29, 0.717) is 11.8 Å². The molecule has 0 atom stereocenters. The van der Waals surface area contributed by atoms with Crippen LogP contribution in [0.5, 0.6) is 0 Å². The van der Waals surface area contributed by atoms with Crippen LogP contribution in [0, 0.1) is 17.0 Å².